The molecule has 2 rings (SSSR count). The minimum Gasteiger partial charge on any atom is -0.464 e. The number of hydrogen-bond acceptors (Lipinski definition) is 3. The summed E-state index contributed by atoms with van der Waals surface area (Å²) in [4.78, 5) is 0. The Morgan fingerprint density at radius 2 is 2.19 bits per heavy atom. The lowest BCUT2D eigenvalue weighted by Gasteiger charge is -2.09. The van der Waals surface area contributed by atoms with Crippen molar-refractivity contribution in [1.82, 2.24) is 0 Å². The normalized spacial score (nSPS) is 13.1. The molecule has 0 radical (unpaired) electrons. The third-order valence-corrected chi connectivity index (χ3v) is 2.49. The summed E-state index contributed by atoms with van der Waals surface area (Å²) >= 11 is 0. The predicted molar refractivity (Wildman–Crippen MR) is 62.3 cm³/mol. The van der Waals surface area contributed by atoms with Crippen LogP contribution in [0, 0.1) is 0 Å². The third-order valence-electron chi connectivity index (χ3n) is 2.49. The van der Waals surface area contributed by atoms with Gasteiger partial charge >= 0.3 is 0 Å². The lowest BCUT2D eigenvalue weighted by Crippen LogP contribution is -2.07. The SMILES string of the molecule is CCCOCC(O)c1coc2ccccc12. The summed E-state index contributed by atoms with van der Waals surface area (Å²) in [5, 5.41) is 10.9. The highest BCUT2D eigenvalue weighted by molar-refractivity contribution is 5.81. The molecular weight excluding hydrogens is 204 g/mol. The molecule has 1 aromatic carbocycles. The van der Waals surface area contributed by atoms with Crippen LogP contribution in [0.4, 0.5) is 0 Å². The van der Waals surface area contributed by atoms with Crippen LogP contribution in [-0.2, 0) is 4.74 Å². The molecule has 2 aromatic rings. The second kappa shape index (κ2) is 5.14. The third kappa shape index (κ3) is 2.26. The van der Waals surface area contributed by atoms with Gasteiger partial charge in [-0.05, 0) is 12.5 Å². The van der Waals surface area contributed by atoms with Gasteiger partial charge in [-0.1, -0.05) is 25.1 Å². The molecule has 86 valence electrons. The van der Waals surface area contributed by atoms with Crippen LogP contribution in [0.25, 0.3) is 11.0 Å². The van der Waals surface area contributed by atoms with Crippen LogP contribution in [0.2, 0.25) is 0 Å². The van der Waals surface area contributed by atoms with E-state index >= 15 is 0 Å². The van der Waals surface area contributed by atoms with Crippen LogP contribution in [0.3, 0.4) is 0 Å². The molecule has 0 amide bonds. The highest BCUT2D eigenvalue weighted by atomic mass is 16.5. The number of aliphatic hydroxyl groups excluding tert-OH is 1. The van der Waals surface area contributed by atoms with Crippen LogP contribution in [0.15, 0.2) is 34.9 Å². The van der Waals surface area contributed by atoms with Gasteiger partial charge in [0, 0.05) is 17.6 Å². The Morgan fingerprint density at radius 1 is 1.38 bits per heavy atom. The van der Waals surface area contributed by atoms with E-state index in [2.05, 4.69) is 0 Å². The molecular formula is C13H16O3. The Balaban J connectivity index is 2.13. The fourth-order valence-electron chi connectivity index (χ4n) is 1.69. The van der Waals surface area contributed by atoms with Gasteiger partial charge in [-0.2, -0.15) is 0 Å². The molecule has 1 unspecified atom stereocenters. The van der Waals surface area contributed by atoms with Crippen LogP contribution in [0.1, 0.15) is 25.0 Å². The smallest absolute Gasteiger partial charge is 0.134 e. The monoisotopic (exact) mass is 220 g/mol. The summed E-state index contributed by atoms with van der Waals surface area (Å²) in [6.07, 6.45) is 1.94. The van der Waals surface area contributed by atoms with Crippen molar-refractivity contribution in [2.24, 2.45) is 0 Å². The Bertz CT molecular complexity index is 447. The molecule has 1 aromatic heterocycles. The number of furan rings is 1. The van der Waals surface area contributed by atoms with Crippen molar-refractivity contribution in [3.8, 4) is 0 Å². The molecule has 3 heteroatoms. The number of benzene rings is 1. The zero-order valence-corrected chi connectivity index (χ0v) is 9.35. The molecule has 0 bridgehead atoms. The lowest BCUT2D eigenvalue weighted by molar-refractivity contribution is 0.0367. The number of hydrogen-bond donors (Lipinski definition) is 1. The molecule has 0 spiro atoms. The summed E-state index contributed by atoms with van der Waals surface area (Å²) < 4.78 is 10.7. The number of para-hydroxylation sites is 1. The van der Waals surface area contributed by atoms with Crippen molar-refractivity contribution in [2.45, 2.75) is 19.4 Å². The van der Waals surface area contributed by atoms with Crippen molar-refractivity contribution in [3.05, 3.63) is 36.1 Å². The predicted octanol–water partition coefficient (Wildman–Crippen LogP) is 2.89. The molecule has 0 fully saturated rings. The lowest BCUT2D eigenvalue weighted by atomic mass is 10.1. The van der Waals surface area contributed by atoms with Gasteiger partial charge in [-0.15, -0.1) is 0 Å². The summed E-state index contributed by atoms with van der Waals surface area (Å²) in [6.45, 7) is 3.03. The molecule has 16 heavy (non-hydrogen) atoms. The molecule has 0 aliphatic heterocycles. The second-order valence-corrected chi connectivity index (χ2v) is 3.78. The topological polar surface area (TPSA) is 42.6 Å². The highest BCUT2D eigenvalue weighted by Crippen LogP contribution is 2.26. The van der Waals surface area contributed by atoms with E-state index in [0.29, 0.717) is 13.2 Å². The van der Waals surface area contributed by atoms with Gasteiger partial charge in [0.05, 0.1) is 12.9 Å². The van der Waals surface area contributed by atoms with Crippen molar-refractivity contribution < 1.29 is 14.3 Å². The zero-order chi connectivity index (χ0) is 11.4. The van der Waals surface area contributed by atoms with Crippen LogP contribution in [-0.4, -0.2) is 18.3 Å². The van der Waals surface area contributed by atoms with E-state index < -0.39 is 6.10 Å². The molecule has 0 aliphatic carbocycles. The van der Waals surface area contributed by atoms with Crippen LogP contribution < -0.4 is 0 Å². The van der Waals surface area contributed by atoms with E-state index in [1.54, 1.807) is 6.26 Å². The van der Waals surface area contributed by atoms with Gasteiger partial charge in [0.15, 0.2) is 0 Å². The molecule has 0 saturated heterocycles. The summed E-state index contributed by atoms with van der Waals surface area (Å²) in [5.74, 6) is 0. The average Bonchev–Trinajstić information content (AvgIpc) is 2.73. The Kier molecular flexibility index (Phi) is 3.59. The van der Waals surface area contributed by atoms with Gasteiger partial charge in [0.25, 0.3) is 0 Å². The van der Waals surface area contributed by atoms with Gasteiger partial charge in [-0.3, -0.25) is 0 Å². The first-order valence-corrected chi connectivity index (χ1v) is 5.55. The van der Waals surface area contributed by atoms with E-state index in [4.69, 9.17) is 9.15 Å². The minimum absolute atomic E-state index is 0.317. The number of rotatable bonds is 5. The highest BCUT2D eigenvalue weighted by Gasteiger charge is 2.13. The molecule has 1 atom stereocenters. The van der Waals surface area contributed by atoms with Gasteiger partial charge in [0.2, 0.25) is 0 Å². The van der Waals surface area contributed by atoms with E-state index in [9.17, 15) is 5.11 Å². The first-order chi connectivity index (χ1) is 7.83. The maximum atomic E-state index is 9.95. The maximum Gasteiger partial charge on any atom is 0.134 e. The van der Waals surface area contributed by atoms with Crippen molar-refractivity contribution >= 4 is 11.0 Å². The first-order valence-electron chi connectivity index (χ1n) is 5.55. The number of fused-ring (bicyclic) bond motifs is 1. The van der Waals surface area contributed by atoms with Gasteiger partial charge < -0.3 is 14.3 Å². The Labute approximate surface area is 94.6 Å². The van der Waals surface area contributed by atoms with Gasteiger partial charge in [0.1, 0.15) is 11.7 Å². The second-order valence-electron chi connectivity index (χ2n) is 3.78. The molecule has 1 N–H and O–H groups in total. The number of ether oxygens (including phenoxy) is 1. The largest absolute Gasteiger partial charge is 0.464 e. The number of aliphatic hydroxyl groups is 1. The standard InChI is InChI=1S/C13H16O3/c1-2-7-15-9-12(14)11-8-16-13-6-4-3-5-10(11)13/h3-6,8,12,14H,2,7,9H2,1H3. The van der Waals surface area contributed by atoms with Crippen molar-refractivity contribution in [3.63, 3.8) is 0 Å². The quantitative estimate of drug-likeness (QED) is 0.788. The molecule has 3 nitrogen and oxygen atoms in total. The first kappa shape index (κ1) is 11.2. The zero-order valence-electron chi connectivity index (χ0n) is 9.35. The van der Waals surface area contributed by atoms with E-state index in [-0.39, 0.29) is 0 Å². The Morgan fingerprint density at radius 3 is 3.00 bits per heavy atom. The van der Waals surface area contributed by atoms with Gasteiger partial charge in [-0.25, -0.2) is 0 Å². The van der Waals surface area contributed by atoms with E-state index in [0.717, 1.165) is 23.0 Å². The summed E-state index contributed by atoms with van der Waals surface area (Å²) in [5.41, 5.74) is 1.60. The maximum absolute atomic E-state index is 9.95. The van der Waals surface area contributed by atoms with Crippen molar-refractivity contribution in [2.75, 3.05) is 13.2 Å². The molecule has 0 aliphatic rings. The fourth-order valence-corrected chi connectivity index (χ4v) is 1.69. The van der Waals surface area contributed by atoms with Crippen molar-refractivity contribution in [1.29, 1.82) is 0 Å². The van der Waals surface area contributed by atoms with E-state index in [1.165, 1.54) is 0 Å². The summed E-state index contributed by atoms with van der Waals surface area (Å²) in [6, 6.07) is 7.67. The Hall–Kier alpha value is -1.32. The van der Waals surface area contributed by atoms with Crippen LogP contribution >= 0.6 is 0 Å². The van der Waals surface area contributed by atoms with E-state index in [1.807, 2.05) is 31.2 Å². The minimum atomic E-state index is -0.616. The molecule has 0 saturated carbocycles. The fraction of sp³-hybridized carbons (Fsp3) is 0.385. The summed E-state index contributed by atoms with van der Waals surface area (Å²) in [7, 11) is 0. The van der Waals surface area contributed by atoms with Crippen LogP contribution in [0.5, 0.6) is 0 Å². The molecule has 1 heterocycles. The average molecular weight is 220 g/mol.